The van der Waals surface area contributed by atoms with Crippen LogP contribution in [-0.2, 0) is 4.74 Å². The van der Waals surface area contributed by atoms with Crippen LogP contribution >= 0.6 is 0 Å². The Labute approximate surface area is 59.5 Å². The van der Waals surface area contributed by atoms with Crippen LogP contribution in [-0.4, -0.2) is 23.8 Å². The Balaban J connectivity index is 2.39. The Kier molecular flexibility index (Phi) is 2.24. The Morgan fingerprint density at radius 2 is 2.40 bits per heavy atom. The van der Waals surface area contributed by atoms with Crippen molar-refractivity contribution < 1.29 is 9.84 Å². The molecule has 4 nitrogen and oxygen atoms in total. The maximum Gasteiger partial charge on any atom is 0.155 e. The Hall–Kier alpha value is -0.610. The van der Waals surface area contributed by atoms with Crippen LogP contribution < -0.4 is 5.73 Å². The van der Waals surface area contributed by atoms with Gasteiger partial charge in [0.05, 0.1) is 12.4 Å². The monoisotopic (exact) mass is 144 g/mol. The van der Waals surface area contributed by atoms with Crippen LogP contribution in [0.1, 0.15) is 12.8 Å². The predicted octanol–water partition coefficient (Wildman–Crippen LogP) is -0.333. The largest absolute Gasteiger partial charge is 0.387 e. The highest BCUT2D eigenvalue weighted by Crippen LogP contribution is 2.17. The first kappa shape index (κ1) is 7.50. The smallest absolute Gasteiger partial charge is 0.155 e. The Morgan fingerprint density at radius 3 is 2.80 bits per heavy atom. The maximum atomic E-state index is 8.95. The summed E-state index contributed by atoms with van der Waals surface area (Å²) in [5.41, 5.74) is 5.25. The second-order valence-corrected chi connectivity index (χ2v) is 2.50. The number of hydrogen-bond donors (Lipinski definition) is 3. The van der Waals surface area contributed by atoms with Gasteiger partial charge in [0.25, 0.3) is 0 Å². The van der Waals surface area contributed by atoms with Crippen molar-refractivity contribution in [2.45, 2.75) is 19.1 Å². The van der Waals surface area contributed by atoms with Crippen molar-refractivity contribution in [2.75, 3.05) is 6.61 Å². The summed E-state index contributed by atoms with van der Waals surface area (Å²) < 4.78 is 4.86. The van der Waals surface area contributed by atoms with Gasteiger partial charge in [-0.3, -0.25) is 5.41 Å². The summed E-state index contributed by atoms with van der Waals surface area (Å²) in [6.45, 7) is 0.505. The maximum absolute atomic E-state index is 8.95. The van der Waals surface area contributed by atoms with Crippen LogP contribution in [0.4, 0.5) is 0 Å². The van der Waals surface area contributed by atoms with Gasteiger partial charge in [-0.25, -0.2) is 0 Å². The molecule has 0 aromatic heterocycles. The molecule has 2 unspecified atom stereocenters. The molecule has 4 heteroatoms. The van der Waals surface area contributed by atoms with E-state index in [9.17, 15) is 0 Å². The third-order valence-corrected chi connectivity index (χ3v) is 1.70. The van der Waals surface area contributed by atoms with Crippen LogP contribution in [0.15, 0.2) is 0 Å². The molecule has 1 rings (SSSR count). The molecule has 2 atom stereocenters. The van der Waals surface area contributed by atoms with E-state index < -0.39 is 6.29 Å². The highest BCUT2D eigenvalue weighted by Gasteiger charge is 2.22. The molecular formula is C6H12N2O2. The molecule has 0 spiro atoms. The fourth-order valence-electron chi connectivity index (χ4n) is 1.06. The van der Waals surface area contributed by atoms with Gasteiger partial charge < -0.3 is 15.6 Å². The van der Waals surface area contributed by atoms with Crippen molar-refractivity contribution in [1.29, 1.82) is 5.41 Å². The second-order valence-electron chi connectivity index (χ2n) is 2.50. The van der Waals surface area contributed by atoms with Gasteiger partial charge >= 0.3 is 0 Å². The molecule has 1 fully saturated rings. The highest BCUT2D eigenvalue weighted by molar-refractivity contribution is 5.79. The normalized spacial score (nSPS) is 33.7. The highest BCUT2D eigenvalue weighted by atomic mass is 16.6. The lowest BCUT2D eigenvalue weighted by molar-refractivity contribution is -0.131. The lowest BCUT2D eigenvalue weighted by Gasteiger charge is -2.24. The number of aliphatic hydroxyl groups is 1. The van der Waals surface area contributed by atoms with Gasteiger partial charge in [0.15, 0.2) is 6.29 Å². The molecule has 1 aliphatic rings. The summed E-state index contributed by atoms with van der Waals surface area (Å²) >= 11 is 0. The van der Waals surface area contributed by atoms with Crippen LogP contribution in [0.2, 0.25) is 0 Å². The average molecular weight is 144 g/mol. The topological polar surface area (TPSA) is 79.3 Å². The van der Waals surface area contributed by atoms with E-state index in [0.29, 0.717) is 13.0 Å². The zero-order valence-corrected chi connectivity index (χ0v) is 5.71. The van der Waals surface area contributed by atoms with Gasteiger partial charge in [-0.2, -0.15) is 0 Å². The molecular weight excluding hydrogens is 132 g/mol. The van der Waals surface area contributed by atoms with E-state index in [2.05, 4.69) is 0 Å². The number of nitrogens with one attached hydrogen (secondary N) is 1. The second kappa shape index (κ2) is 2.98. The minimum atomic E-state index is -0.720. The molecule has 1 aliphatic heterocycles. The fraction of sp³-hybridized carbons (Fsp3) is 0.833. The molecule has 1 saturated heterocycles. The molecule has 58 valence electrons. The van der Waals surface area contributed by atoms with Crippen LogP contribution in [0.25, 0.3) is 0 Å². The molecule has 0 amide bonds. The number of ether oxygens (including phenoxy) is 1. The molecule has 0 saturated carbocycles. The standard InChI is InChI=1S/C6H12N2O2/c7-6(8)4-1-2-10-5(9)3-4/h4-5,9H,1-3H2,(H3,7,8). The van der Waals surface area contributed by atoms with Crippen molar-refractivity contribution in [3.8, 4) is 0 Å². The Bertz CT molecular complexity index is 138. The van der Waals surface area contributed by atoms with Gasteiger partial charge in [-0.15, -0.1) is 0 Å². The SMILES string of the molecule is N=C(N)C1CCOC(O)C1. The number of aliphatic hydroxyl groups excluding tert-OH is 1. The van der Waals surface area contributed by atoms with Crippen LogP contribution in [0, 0.1) is 11.3 Å². The summed E-state index contributed by atoms with van der Waals surface area (Å²) in [6, 6.07) is 0. The average Bonchev–Trinajstić information content (AvgIpc) is 1.88. The van der Waals surface area contributed by atoms with Crippen LogP contribution in [0.5, 0.6) is 0 Å². The van der Waals surface area contributed by atoms with Crippen molar-refractivity contribution >= 4 is 5.84 Å². The van der Waals surface area contributed by atoms with Crippen molar-refractivity contribution in [3.63, 3.8) is 0 Å². The quantitative estimate of drug-likeness (QED) is 0.348. The number of amidine groups is 1. The van der Waals surface area contributed by atoms with E-state index in [1.54, 1.807) is 0 Å². The van der Waals surface area contributed by atoms with Crippen molar-refractivity contribution in [3.05, 3.63) is 0 Å². The lowest BCUT2D eigenvalue weighted by atomic mass is 9.98. The first-order valence-electron chi connectivity index (χ1n) is 3.33. The molecule has 0 bridgehead atoms. The molecule has 0 aromatic carbocycles. The van der Waals surface area contributed by atoms with Gasteiger partial charge in [0.1, 0.15) is 0 Å². The molecule has 4 N–H and O–H groups in total. The number of hydrogen-bond acceptors (Lipinski definition) is 3. The summed E-state index contributed by atoms with van der Waals surface area (Å²) in [5, 5.41) is 16.0. The molecule has 0 aromatic rings. The zero-order chi connectivity index (χ0) is 7.56. The fourth-order valence-corrected chi connectivity index (χ4v) is 1.06. The van der Waals surface area contributed by atoms with Gasteiger partial charge in [0, 0.05) is 12.3 Å². The third kappa shape index (κ3) is 1.68. The molecule has 0 radical (unpaired) electrons. The van der Waals surface area contributed by atoms with Crippen molar-refractivity contribution in [2.24, 2.45) is 11.7 Å². The van der Waals surface area contributed by atoms with E-state index in [1.807, 2.05) is 0 Å². The number of nitrogens with two attached hydrogens (primary N) is 1. The predicted molar refractivity (Wildman–Crippen MR) is 36.6 cm³/mol. The van der Waals surface area contributed by atoms with E-state index in [-0.39, 0.29) is 11.8 Å². The third-order valence-electron chi connectivity index (χ3n) is 1.70. The summed E-state index contributed by atoms with van der Waals surface area (Å²) in [4.78, 5) is 0. The first-order chi connectivity index (χ1) is 4.70. The molecule has 1 heterocycles. The van der Waals surface area contributed by atoms with E-state index in [0.717, 1.165) is 6.42 Å². The minimum absolute atomic E-state index is 0.0174. The van der Waals surface area contributed by atoms with Crippen molar-refractivity contribution in [1.82, 2.24) is 0 Å². The van der Waals surface area contributed by atoms with Crippen LogP contribution in [0.3, 0.4) is 0 Å². The molecule has 10 heavy (non-hydrogen) atoms. The molecule has 0 aliphatic carbocycles. The van der Waals surface area contributed by atoms with Gasteiger partial charge in [-0.05, 0) is 6.42 Å². The van der Waals surface area contributed by atoms with Gasteiger partial charge in [0.2, 0.25) is 0 Å². The first-order valence-corrected chi connectivity index (χ1v) is 3.33. The summed E-state index contributed by atoms with van der Waals surface area (Å²) in [6.07, 6.45) is 0.504. The zero-order valence-electron chi connectivity index (χ0n) is 5.71. The summed E-state index contributed by atoms with van der Waals surface area (Å²) in [5.74, 6) is 0.172. The van der Waals surface area contributed by atoms with E-state index in [4.69, 9.17) is 21.0 Å². The lowest BCUT2D eigenvalue weighted by Crippen LogP contribution is -2.33. The Morgan fingerprint density at radius 1 is 1.70 bits per heavy atom. The summed E-state index contributed by atoms with van der Waals surface area (Å²) in [7, 11) is 0. The minimum Gasteiger partial charge on any atom is -0.387 e. The van der Waals surface area contributed by atoms with E-state index >= 15 is 0 Å². The van der Waals surface area contributed by atoms with Gasteiger partial charge in [-0.1, -0.05) is 0 Å². The number of rotatable bonds is 1. The van der Waals surface area contributed by atoms with E-state index in [1.165, 1.54) is 0 Å².